The third-order valence-corrected chi connectivity index (χ3v) is 7.35. The number of aromatic nitrogens is 4. The number of hydrogen-bond acceptors (Lipinski definition) is 8. The van der Waals surface area contributed by atoms with Gasteiger partial charge in [-0.25, -0.2) is 19.9 Å². The lowest BCUT2D eigenvalue weighted by molar-refractivity contribution is 0.607. The summed E-state index contributed by atoms with van der Waals surface area (Å²) in [5.74, 6) is 2.57. The largest absolute Gasteiger partial charge is 0.369 e. The van der Waals surface area contributed by atoms with Gasteiger partial charge in [0.1, 0.15) is 24.3 Å². The minimum atomic E-state index is 0.375. The second-order valence-electron chi connectivity index (χ2n) is 10.6. The van der Waals surface area contributed by atoms with E-state index in [4.69, 9.17) is 0 Å². The van der Waals surface area contributed by atoms with E-state index in [0.29, 0.717) is 12.0 Å². The molecule has 2 aromatic heterocycles. The van der Waals surface area contributed by atoms with E-state index in [1.165, 1.54) is 11.4 Å². The molecule has 1 saturated heterocycles. The molecule has 2 aromatic carbocycles. The van der Waals surface area contributed by atoms with Crippen LogP contribution in [0.25, 0.3) is 21.8 Å². The summed E-state index contributed by atoms with van der Waals surface area (Å²) in [4.78, 5) is 25.2. The van der Waals surface area contributed by atoms with Crippen molar-refractivity contribution in [2.75, 3.05) is 59.8 Å². The van der Waals surface area contributed by atoms with E-state index in [1.54, 1.807) is 12.7 Å². The van der Waals surface area contributed by atoms with Gasteiger partial charge in [-0.1, -0.05) is 13.8 Å². The van der Waals surface area contributed by atoms with E-state index in [-0.39, 0.29) is 0 Å². The first-order chi connectivity index (χ1) is 17.9. The zero-order valence-electron chi connectivity index (χ0n) is 22.6. The van der Waals surface area contributed by atoms with E-state index in [0.717, 1.165) is 72.6 Å². The van der Waals surface area contributed by atoms with Crippen LogP contribution in [0.5, 0.6) is 0 Å². The van der Waals surface area contributed by atoms with Crippen LogP contribution in [0.2, 0.25) is 0 Å². The average Bonchev–Trinajstić information content (AvgIpc) is 2.91. The highest BCUT2D eigenvalue weighted by atomic mass is 15.3. The van der Waals surface area contributed by atoms with Crippen molar-refractivity contribution in [1.82, 2.24) is 19.9 Å². The van der Waals surface area contributed by atoms with Gasteiger partial charge in [0.25, 0.3) is 0 Å². The highest BCUT2D eigenvalue weighted by Gasteiger charge is 2.20. The van der Waals surface area contributed by atoms with Gasteiger partial charge in [-0.2, -0.15) is 0 Å². The van der Waals surface area contributed by atoms with Gasteiger partial charge in [-0.05, 0) is 62.6 Å². The lowest BCUT2D eigenvalue weighted by Gasteiger charge is -2.37. The van der Waals surface area contributed by atoms with Gasteiger partial charge < -0.3 is 20.0 Å². The molecule has 194 valence electrons. The van der Waals surface area contributed by atoms with E-state index in [1.807, 2.05) is 0 Å². The molecule has 0 spiro atoms. The Morgan fingerprint density at radius 2 is 1.35 bits per heavy atom. The van der Waals surface area contributed by atoms with Crippen LogP contribution >= 0.6 is 0 Å². The van der Waals surface area contributed by atoms with Crippen molar-refractivity contribution in [3.8, 4) is 0 Å². The summed E-state index contributed by atoms with van der Waals surface area (Å²) in [6, 6.07) is 13.5. The van der Waals surface area contributed by atoms with Crippen LogP contribution in [0.15, 0.2) is 49.1 Å². The Bertz CT molecular complexity index is 1360. The van der Waals surface area contributed by atoms with Crippen LogP contribution in [0.3, 0.4) is 0 Å². The fourth-order valence-electron chi connectivity index (χ4n) is 4.84. The molecule has 0 unspecified atom stereocenters. The summed E-state index contributed by atoms with van der Waals surface area (Å²) >= 11 is 0. The smallest absolute Gasteiger partial charge is 0.139 e. The number of anilines is 4. The number of rotatable bonds is 8. The number of piperazine rings is 1. The summed E-state index contributed by atoms with van der Waals surface area (Å²) < 4.78 is 0. The highest BCUT2D eigenvalue weighted by molar-refractivity contribution is 5.92. The molecule has 5 rings (SSSR count). The summed E-state index contributed by atoms with van der Waals surface area (Å²) in [5.41, 5.74) is 4.40. The lowest BCUT2D eigenvalue weighted by Crippen LogP contribution is -2.46. The SMILES string of the molecule is CC(C)CCNc1ncnc2cc(N3CCN(c4ccc5c(N(C)C(C)C)ncnc5c4)CC3)ccc12. The van der Waals surface area contributed by atoms with Gasteiger partial charge in [0.15, 0.2) is 0 Å². The molecular formula is C29H38N8. The Labute approximate surface area is 219 Å². The van der Waals surface area contributed by atoms with E-state index >= 15 is 0 Å². The number of nitrogens with one attached hydrogen (secondary N) is 1. The van der Waals surface area contributed by atoms with E-state index in [2.05, 4.69) is 111 Å². The molecule has 1 aliphatic heterocycles. The molecule has 0 aliphatic carbocycles. The first kappa shape index (κ1) is 25.0. The standard InChI is InChI=1S/C29H38N8/c1-20(2)10-11-30-28-24-8-6-22(16-26(24)31-18-33-28)36-12-14-37(15-13-36)23-7-9-25-27(17-23)32-19-34-29(25)35(5)21(3)4/h6-9,16-21H,10-15H2,1-5H3,(H,30,31,33). The Kier molecular flexibility index (Phi) is 7.26. The Balaban J connectivity index is 1.28. The summed E-state index contributed by atoms with van der Waals surface area (Å²) in [7, 11) is 2.09. The third kappa shape index (κ3) is 5.38. The molecular weight excluding hydrogens is 460 g/mol. The van der Waals surface area contributed by atoms with Crippen LogP contribution in [0.1, 0.15) is 34.1 Å². The maximum Gasteiger partial charge on any atom is 0.139 e. The van der Waals surface area contributed by atoms with Gasteiger partial charge in [-0.15, -0.1) is 0 Å². The maximum absolute atomic E-state index is 4.57. The molecule has 8 heteroatoms. The van der Waals surface area contributed by atoms with Crippen molar-refractivity contribution in [3.05, 3.63) is 49.1 Å². The molecule has 8 nitrogen and oxygen atoms in total. The first-order valence-electron chi connectivity index (χ1n) is 13.4. The number of fused-ring (bicyclic) bond motifs is 2. The molecule has 3 heterocycles. The molecule has 1 aliphatic rings. The molecule has 37 heavy (non-hydrogen) atoms. The van der Waals surface area contributed by atoms with E-state index < -0.39 is 0 Å². The van der Waals surface area contributed by atoms with Gasteiger partial charge in [0.2, 0.25) is 0 Å². The second kappa shape index (κ2) is 10.7. The Morgan fingerprint density at radius 3 is 1.95 bits per heavy atom. The number of nitrogens with zero attached hydrogens (tertiary/aromatic N) is 7. The fraction of sp³-hybridized carbons (Fsp3) is 0.448. The molecule has 0 atom stereocenters. The minimum absolute atomic E-state index is 0.375. The fourth-order valence-corrected chi connectivity index (χ4v) is 4.84. The van der Waals surface area contributed by atoms with Crippen molar-refractivity contribution < 1.29 is 0 Å². The predicted molar refractivity (Wildman–Crippen MR) is 155 cm³/mol. The van der Waals surface area contributed by atoms with Crippen molar-refractivity contribution >= 4 is 44.8 Å². The zero-order chi connectivity index (χ0) is 25.9. The maximum atomic E-state index is 4.57. The van der Waals surface area contributed by atoms with Gasteiger partial charge in [0, 0.05) is 68.0 Å². The molecule has 1 fully saturated rings. The topological polar surface area (TPSA) is 73.3 Å². The second-order valence-corrected chi connectivity index (χ2v) is 10.6. The molecule has 0 bridgehead atoms. The van der Waals surface area contributed by atoms with Gasteiger partial charge >= 0.3 is 0 Å². The lowest BCUT2D eigenvalue weighted by atomic mass is 10.1. The summed E-state index contributed by atoms with van der Waals surface area (Å²) in [6.45, 7) is 13.6. The highest BCUT2D eigenvalue weighted by Crippen LogP contribution is 2.29. The van der Waals surface area contributed by atoms with Crippen molar-refractivity contribution in [2.45, 2.75) is 40.2 Å². The monoisotopic (exact) mass is 498 g/mol. The predicted octanol–water partition coefficient (Wildman–Crippen LogP) is 5.20. The minimum Gasteiger partial charge on any atom is -0.369 e. The molecule has 0 amide bonds. The summed E-state index contributed by atoms with van der Waals surface area (Å²) in [6.07, 6.45) is 4.45. The van der Waals surface area contributed by atoms with Crippen molar-refractivity contribution in [3.63, 3.8) is 0 Å². The molecule has 1 N–H and O–H groups in total. The zero-order valence-corrected chi connectivity index (χ0v) is 22.6. The van der Waals surface area contributed by atoms with Crippen LogP contribution in [-0.2, 0) is 0 Å². The quantitative estimate of drug-likeness (QED) is 0.355. The normalized spacial score (nSPS) is 14.2. The number of hydrogen-bond donors (Lipinski definition) is 1. The third-order valence-electron chi connectivity index (χ3n) is 7.35. The van der Waals surface area contributed by atoms with Crippen LogP contribution in [0.4, 0.5) is 23.0 Å². The van der Waals surface area contributed by atoms with Crippen molar-refractivity contribution in [1.29, 1.82) is 0 Å². The van der Waals surface area contributed by atoms with Gasteiger partial charge in [0.05, 0.1) is 11.0 Å². The van der Waals surface area contributed by atoms with Crippen molar-refractivity contribution in [2.24, 2.45) is 5.92 Å². The Hall–Kier alpha value is -3.68. The van der Waals surface area contributed by atoms with Crippen LogP contribution in [-0.4, -0.2) is 65.7 Å². The van der Waals surface area contributed by atoms with Crippen LogP contribution in [0, 0.1) is 5.92 Å². The first-order valence-corrected chi connectivity index (χ1v) is 13.4. The summed E-state index contributed by atoms with van der Waals surface area (Å²) in [5, 5.41) is 5.66. The molecule has 4 aromatic rings. The van der Waals surface area contributed by atoms with Gasteiger partial charge in [-0.3, -0.25) is 0 Å². The molecule has 0 saturated carbocycles. The Morgan fingerprint density at radius 1 is 0.784 bits per heavy atom. The molecule has 0 radical (unpaired) electrons. The van der Waals surface area contributed by atoms with Crippen LogP contribution < -0.4 is 20.0 Å². The van der Waals surface area contributed by atoms with E-state index in [9.17, 15) is 0 Å². The number of benzene rings is 2. The average molecular weight is 499 g/mol.